The minimum absolute atomic E-state index is 0.431. The van der Waals surface area contributed by atoms with E-state index in [0.29, 0.717) is 12.1 Å². The van der Waals surface area contributed by atoms with Crippen molar-refractivity contribution in [2.75, 3.05) is 0 Å². The first kappa shape index (κ1) is 20.1. The predicted molar refractivity (Wildman–Crippen MR) is 89.2 cm³/mol. The van der Waals surface area contributed by atoms with E-state index in [2.05, 4.69) is 16.9 Å². The van der Waals surface area contributed by atoms with Crippen molar-refractivity contribution in [1.82, 2.24) is 0 Å². The van der Waals surface area contributed by atoms with Crippen LogP contribution >= 0.6 is 0 Å². The average molecular weight is 308 g/mol. The Labute approximate surface area is 133 Å². The molecular formula is C17H28N2O3. The third-order valence-electron chi connectivity index (χ3n) is 2.67. The lowest BCUT2D eigenvalue weighted by molar-refractivity contribution is 0.0600. The highest BCUT2D eigenvalue weighted by atomic mass is 16.6. The van der Waals surface area contributed by atoms with Crippen LogP contribution in [0.5, 0.6) is 0 Å². The summed E-state index contributed by atoms with van der Waals surface area (Å²) in [4.78, 5) is 10.0. The number of carbonyl (C=O) groups is 1. The van der Waals surface area contributed by atoms with Gasteiger partial charge in [0.1, 0.15) is 5.60 Å². The Morgan fingerprint density at radius 3 is 2.23 bits per heavy atom. The summed E-state index contributed by atoms with van der Waals surface area (Å²) in [6.45, 7) is 6.93. The van der Waals surface area contributed by atoms with Gasteiger partial charge < -0.3 is 21.0 Å². The van der Waals surface area contributed by atoms with E-state index in [1.807, 2.05) is 18.2 Å². The standard InChI is InChI=1S/C12H17NO.C5H11NO2/c1-10(14)12(13)9-5-8-11-6-3-2-4-7-11;1-5(2,3)8-4(6)7/h2-4,6-7,10,13-14H,5,8-9H2,1H3;1-3H3,(H2,6,7). The Balaban J connectivity index is 0.000000472. The normalized spacial score (nSPS) is 11.9. The molecule has 0 radical (unpaired) electrons. The number of nitrogens with two attached hydrogens (primary N) is 1. The Hall–Kier alpha value is -1.88. The lowest BCUT2D eigenvalue weighted by Gasteiger charge is -2.16. The molecule has 1 rings (SSSR count). The minimum Gasteiger partial charge on any atom is -0.444 e. The number of aliphatic hydroxyl groups is 1. The van der Waals surface area contributed by atoms with E-state index in [9.17, 15) is 4.79 Å². The number of nitrogens with one attached hydrogen (secondary N) is 1. The molecule has 0 aliphatic carbocycles. The number of primary amides is 1. The molecule has 0 saturated heterocycles. The summed E-state index contributed by atoms with van der Waals surface area (Å²) < 4.78 is 4.58. The number of hydrogen-bond donors (Lipinski definition) is 3. The molecule has 1 aromatic rings. The Morgan fingerprint density at radius 2 is 1.86 bits per heavy atom. The second-order valence-corrected chi connectivity index (χ2v) is 6.07. The Kier molecular flexibility index (Phi) is 9.10. The van der Waals surface area contributed by atoms with Gasteiger partial charge in [-0.2, -0.15) is 0 Å². The monoisotopic (exact) mass is 308 g/mol. The highest BCUT2D eigenvalue weighted by Crippen LogP contribution is 2.06. The molecule has 1 unspecified atom stereocenters. The van der Waals surface area contributed by atoms with Gasteiger partial charge in [0.25, 0.3) is 0 Å². The molecule has 0 saturated carbocycles. The van der Waals surface area contributed by atoms with Crippen LogP contribution in [0, 0.1) is 5.41 Å². The van der Waals surface area contributed by atoms with Gasteiger partial charge in [0, 0.05) is 5.71 Å². The van der Waals surface area contributed by atoms with Gasteiger partial charge in [-0.15, -0.1) is 0 Å². The fourth-order valence-electron chi connectivity index (χ4n) is 1.64. The summed E-state index contributed by atoms with van der Waals surface area (Å²) in [5.74, 6) is 0. The number of aliphatic hydroxyl groups excluding tert-OH is 1. The molecule has 1 amide bonds. The van der Waals surface area contributed by atoms with Crippen molar-refractivity contribution in [3.8, 4) is 0 Å². The number of carbonyl (C=O) groups excluding carboxylic acids is 1. The maximum Gasteiger partial charge on any atom is 0.405 e. The van der Waals surface area contributed by atoms with Crippen molar-refractivity contribution in [3.05, 3.63) is 35.9 Å². The molecule has 22 heavy (non-hydrogen) atoms. The fraction of sp³-hybridized carbons (Fsp3) is 0.529. The van der Waals surface area contributed by atoms with Crippen LogP contribution in [0.4, 0.5) is 4.79 Å². The molecule has 0 aliphatic rings. The molecule has 0 aliphatic heterocycles. The van der Waals surface area contributed by atoms with E-state index in [-0.39, 0.29) is 0 Å². The predicted octanol–water partition coefficient (Wildman–Crippen LogP) is 3.29. The Morgan fingerprint density at radius 1 is 1.32 bits per heavy atom. The van der Waals surface area contributed by atoms with Crippen LogP contribution in [0.2, 0.25) is 0 Å². The van der Waals surface area contributed by atoms with Gasteiger partial charge in [-0.25, -0.2) is 4.79 Å². The molecule has 0 spiro atoms. The summed E-state index contributed by atoms with van der Waals surface area (Å²) in [6.07, 6.45) is 1.29. The van der Waals surface area contributed by atoms with Crippen molar-refractivity contribution < 1.29 is 14.6 Å². The van der Waals surface area contributed by atoms with Crippen LogP contribution in [0.3, 0.4) is 0 Å². The molecule has 1 aromatic carbocycles. The van der Waals surface area contributed by atoms with Gasteiger partial charge in [-0.05, 0) is 52.5 Å². The molecule has 5 nitrogen and oxygen atoms in total. The van der Waals surface area contributed by atoms with Crippen molar-refractivity contribution in [3.63, 3.8) is 0 Å². The van der Waals surface area contributed by atoms with Gasteiger partial charge in [-0.3, -0.25) is 0 Å². The zero-order valence-corrected chi connectivity index (χ0v) is 13.9. The van der Waals surface area contributed by atoms with Crippen LogP contribution in [0.15, 0.2) is 30.3 Å². The first-order valence-corrected chi connectivity index (χ1v) is 7.39. The first-order valence-electron chi connectivity index (χ1n) is 7.39. The summed E-state index contributed by atoms with van der Waals surface area (Å²) >= 11 is 0. The van der Waals surface area contributed by atoms with Crippen LogP contribution in [-0.4, -0.2) is 28.6 Å². The van der Waals surface area contributed by atoms with Crippen LogP contribution in [-0.2, 0) is 11.2 Å². The molecule has 124 valence electrons. The van der Waals surface area contributed by atoms with E-state index in [4.69, 9.17) is 16.2 Å². The molecule has 0 bridgehead atoms. The van der Waals surface area contributed by atoms with Gasteiger partial charge >= 0.3 is 6.09 Å². The smallest absolute Gasteiger partial charge is 0.405 e. The quantitative estimate of drug-likeness (QED) is 0.728. The largest absolute Gasteiger partial charge is 0.444 e. The molecule has 4 N–H and O–H groups in total. The first-order chi connectivity index (χ1) is 10.1. The van der Waals surface area contributed by atoms with Crippen molar-refractivity contribution in [1.29, 1.82) is 5.41 Å². The van der Waals surface area contributed by atoms with Gasteiger partial charge in [0.05, 0.1) is 6.10 Å². The third kappa shape index (κ3) is 11.9. The van der Waals surface area contributed by atoms with Crippen LogP contribution < -0.4 is 5.73 Å². The van der Waals surface area contributed by atoms with Crippen molar-refractivity contribution in [2.45, 2.75) is 58.7 Å². The highest BCUT2D eigenvalue weighted by molar-refractivity contribution is 5.85. The lowest BCUT2D eigenvalue weighted by Crippen LogP contribution is -2.27. The summed E-state index contributed by atoms with van der Waals surface area (Å²) in [6, 6.07) is 10.2. The zero-order chi connectivity index (χ0) is 17.2. The number of rotatable bonds is 5. The van der Waals surface area contributed by atoms with E-state index >= 15 is 0 Å². The molecular weight excluding hydrogens is 280 g/mol. The summed E-state index contributed by atoms with van der Waals surface area (Å²) in [5.41, 5.74) is 5.99. The molecule has 5 heteroatoms. The van der Waals surface area contributed by atoms with E-state index in [0.717, 1.165) is 12.8 Å². The second-order valence-electron chi connectivity index (χ2n) is 6.07. The van der Waals surface area contributed by atoms with E-state index in [1.165, 1.54) is 5.56 Å². The maximum absolute atomic E-state index is 10.0. The zero-order valence-electron chi connectivity index (χ0n) is 13.9. The van der Waals surface area contributed by atoms with Gasteiger partial charge in [0.2, 0.25) is 0 Å². The van der Waals surface area contributed by atoms with Gasteiger partial charge in [0.15, 0.2) is 0 Å². The third-order valence-corrected chi connectivity index (χ3v) is 2.67. The number of amides is 1. The van der Waals surface area contributed by atoms with E-state index in [1.54, 1.807) is 27.7 Å². The lowest BCUT2D eigenvalue weighted by atomic mass is 10.0. The maximum atomic E-state index is 10.0. The van der Waals surface area contributed by atoms with Gasteiger partial charge in [-0.1, -0.05) is 30.3 Å². The highest BCUT2D eigenvalue weighted by Gasteiger charge is 2.12. The SMILES string of the molecule is CC(C)(C)OC(N)=O.CC(O)C(=N)CCCc1ccccc1. The minimum atomic E-state index is -0.725. The van der Waals surface area contributed by atoms with Crippen LogP contribution in [0.1, 0.15) is 46.1 Å². The number of aryl methyl sites for hydroxylation is 1. The number of ether oxygens (including phenoxy) is 1. The average Bonchev–Trinajstić information content (AvgIpc) is 2.37. The molecule has 0 heterocycles. The number of hydrogen-bond acceptors (Lipinski definition) is 4. The van der Waals surface area contributed by atoms with Crippen molar-refractivity contribution in [2.24, 2.45) is 5.73 Å². The fourth-order valence-corrected chi connectivity index (χ4v) is 1.64. The molecule has 0 fully saturated rings. The second kappa shape index (κ2) is 9.95. The summed E-state index contributed by atoms with van der Waals surface area (Å²) in [5, 5.41) is 16.6. The Bertz CT molecular complexity index is 451. The summed E-state index contributed by atoms with van der Waals surface area (Å²) in [7, 11) is 0. The molecule has 0 aromatic heterocycles. The van der Waals surface area contributed by atoms with Crippen molar-refractivity contribution >= 4 is 11.8 Å². The van der Waals surface area contributed by atoms with E-state index < -0.39 is 17.8 Å². The number of benzene rings is 1. The van der Waals surface area contributed by atoms with Crippen LogP contribution in [0.25, 0.3) is 0 Å². The topological polar surface area (TPSA) is 96.4 Å². The molecule has 1 atom stereocenters.